The van der Waals surface area contributed by atoms with Crippen LogP contribution in [-0.2, 0) is 6.42 Å². The van der Waals surface area contributed by atoms with Gasteiger partial charge in [-0.1, -0.05) is 49.2 Å². The first-order valence-electron chi connectivity index (χ1n) is 7.71. The van der Waals surface area contributed by atoms with E-state index in [0.29, 0.717) is 0 Å². The van der Waals surface area contributed by atoms with Crippen LogP contribution in [-0.4, -0.2) is 0 Å². The summed E-state index contributed by atoms with van der Waals surface area (Å²) in [5.74, 6) is 0. The Hall–Kier alpha value is -1.56. The van der Waals surface area contributed by atoms with Crippen LogP contribution in [0.5, 0.6) is 0 Å². The summed E-state index contributed by atoms with van der Waals surface area (Å²) >= 11 is 0. The van der Waals surface area contributed by atoms with E-state index in [4.69, 9.17) is 0 Å². The first-order valence-corrected chi connectivity index (χ1v) is 7.71. The highest BCUT2D eigenvalue weighted by atomic mass is 14.2. The van der Waals surface area contributed by atoms with Crippen molar-refractivity contribution in [2.24, 2.45) is 0 Å². The van der Waals surface area contributed by atoms with Crippen molar-refractivity contribution in [3.8, 4) is 11.1 Å². The quantitative estimate of drug-likeness (QED) is 0.643. The fourth-order valence-electron chi connectivity index (χ4n) is 2.87. The van der Waals surface area contributed by atoms with Crippen LogP contribution in [0.1, 0.15) is 47.6 Å². The predicted octanol–water partition coefficient (Wildman–Crippen LogP) is 5.93. The molecule has 0 atom stereocenters. The maximum absolute atomic E-state index is 2.36. The van der Waals surface area contributed by atoms with Gasteiger partial charge in [-0.15, -0.1) is 0 Å². The second-order valence-corrected chi connectivity index (χ2v) is 5.96. The zero-order valence-electron chi connectivity index (χ0n) is 13.5. The number of benzene rings is 2. The van der Waals surface area contributed by atoms with Crippen LogP contribution in [0.15, 0.2) is 30.3 Å². The first kappa shape index (κ1) is 14.8. The topological polar surface area (TPSA) is 0 Å². The molecule has 0 saturated heterocycles. The van der Waals surface area contributed by atoms with Gasteiger partial charge in [0.05, 0.1) is 0 Å². The Kier molecular flexibility index (Phi) is 4.65. The minimum absolute atomic E-state index is 1.18. The second-order valence-electron chi connectivity index (χ2n) is 5.96. The maximum Gasteiger partial charge on any atom is -0.0120 e. The third kappa shape index (κ3) is 2.95. The van der Waals surface area contributed by atoms with Crippen molar-refractivity contribution < 1.29 is 0 Å². The van der Waals surface area contributed by atoms with E-state index in [0.717, 1.165) is 0 Å². The van der Waals surface area contributed by atoms with Crippen LogP contribution in [0.4, 0.5) is 0 Å². The van der Waals surface area contributed by atoms with Gasteiger partial charge < -0.3 is 0 Å². The van der Waals surface area contributed by atoms with Gasteiger partial charge in [0.2, 0.25) is 0 Å². The van der Waals surface area contributed by atoms with Crippen molar-refractivity contribution in [2.75, 3.05) is 0 Å². The standard InChI is InChI=1S/C20H26/c1-6-7-8-18-12-9-14(2)13-19(18)20-16(4)11-10-15(3)17(20)5/h9-13H,6-8H2,1-5H3. The lowest BCUT2D eigenvalue weighted by Gasteiger charge is -2.17. The van der Waals surface area contributed by atoms with E-state index in [2.05, 4.69) is 65.0 Å². The first-order chi connectivity index (χ1) is 9.54. The van der Waals surface area contributed by atoms with E-state index in [9.17, 15) is 0 Å². The van der Waals surface area contributed by atoms with Gasteiger partial charge >= 0.3 is 0 Å². The van der Waals surface area contributed by atoms with Gasteiger partial charge in [0.15, 0.2) is 0 Å². The molecular formula is C20H26. The fraction of sp³-hybridized carbons (Fsp3) is 0.400. The monoisotopic (exact) mass is 266 g/mol. The third-order valence-electron chi connectivity index (χ3n) is 4.28. The molecule has 0 spiro atoms. The molecule has 2 aromatic rings. The van der Waals surface area contributed by atoms with E-state index in [1.807, 2.05) is 0 Å². The highest BCUT2D eigenvalue weighted by Crippen LogP contribution is 2.33. The summed E-state index contributed by atoms with van der Waals surface area (Å²) in [6, 6.07) is 11.4. The summed E-state index contributed by atoms with van der Waals surface area (Å²) in [5.41, 5.74) is 9.92. The smallest absolute Gasteiger partial charge is 0.0120 e. The SMILES string of the molecule is CCCCc1ccc(C)cc1-c1c(C)ccc(C)c1C. The second kappa shape index (κ2) is 6.26. The Morgan fingerprint density at radius 2 is 1.55 bits per heavy atom. The molecule has 0 aliphatic carbocycles. The van der Waals surface area contributed by atoms with Gasteiger partial charge in [-0.2, -0.15) is 0 Å². The lowest BCUT2D eigenvalue weighted by molar-refractivity contribution is 0.796. The molecule has 0 aromatic heterocycles. The molecule has 0 radical (unpaired) electrons. The summed E-state index contributed by atoms with van der Waals surface area (Å²) in [7, 11) is 0. The number of unbranched alkanes of at least 4 members (excludes halogenated alkanes) is 1. The maximum atomic E-state index is 2.36. The predicted molar refractivity (Wildman–Crippen MR) is 89.4 cm³/mol. The van der Waals surface area contributed by atoms with Crippen molar-refractivity contribution in [2.45, 2.75) is 53.9 Å². The molecule has 0 saturated carbocycles. The molecule has 0 aliphatic rings. The normalized spacial score (nSPS) is 10.8. The number of hydrogen-bond donors (Lipinski definition) is 0. The Bertz CT molecular complexity index is 606. The van der Waals surface area contributed by atoms with Crippen molar-refractivity contribution >= 4 is 0 Å². The largest absolute Gasteiger partial charge is 0.0654 e. The molecule has 0 heteroatoms. The van der Waals surface area contributed by atoms with Crippen LogP contribution in [0, 0.1) is 27.7 Å². The molecule has 2 rings (SSSR count). The van der Waals surface area contributed by atoms with Crippen molar-refractivity contribution in [1.82, 2.24) is 0 Å². The molecule has 0 nitrogen and oxygen atoms in total. The van der Waals surface area contributed by atoms with Crippen LogP contribution < -0.4 is 0 Å². The minimum Gasteiger partial charge on any atom is -0.0654 e. The van der Waals surface area contributed by atoms with Crippen molar-refractivity contribution in [3.63, 3.8) is 0 Å². The molecule has 106 valence electrons. The molecule has 0 aliphatic heterocycles. The van der Waals surface area contributed by atoms with Gasteiger partial charge in [-0.05, 0) is 73.9 Å². The van der Waals surface area contributed by atoms with E-state index >= 15 is 0 Å². The van der Waals surface area contributed by atoms with E-state index in [-0.39, 0.29) is 0 Å². The number of rotatable bonds is 4. The summed E-state index contributed by atoms with van der Waals surface area (Å²) in [6.45, 7) is 11.1. The van der Waals surface area contributed by atoms with Crippen LogP contribution >= 0.6 is 0 Å². The highest BCUT2D eigenvalue weighted by Gasteiger charge is 2.12. The van der Waals surface area contributed by atoms with Gasteiger partial charge in [-0.3, -0.25) is 0 Å². The summed E-state index contributed by atoms with van der Waals surface area (Å²) in [5, 5.41) is 0. The summed E-state index contributed by atoms with van der Waals surface area (Å²) in [4.78, 5) is 0. The minimum atomic E-state index is 1.18. The van der Waals surface area contributed by atoms with Gasteiger partial charge in [0.1, 0.15) is 0 Å². The molecule has 0 heterocycles. The van der Waals surface area contributed by atoms with E-state index in [1.54, 1.807) is 0 Å². The Labute approximate surface area is 123 Å². The lowest BCUT2D eigenvalue weighted by Crippen LogP contribution is -1.97. The molecule has 0 unspecified atom stereocenters. The highest BCUT2D eigenvalue weighted by molar-refractivity contribution is 5.75. The third-order valence-corrected chi connectivity index (χ3v) is 4.28. The summed E-state index contributed by atoms with van der Waals surface area (Å²) < 4.78 is 0. The molecule has 0 N–H and O–H groups in total. The average Bonchev–Trinajstić information content (AvgIpc) is 2.42. The number of aryl methyl sites for hydroxylation is 4. The summed E-state index contributed by atoms with van der Waals surface area (Å²) in [6.07, 6.45) is 3.69. The van der Waals surface area contributed by atoms with Crippen LogP contribution in [0.3, 0.4) is 0 Å². The van der Waals surface area contributed by atoms with Gasteiger partial charge in [-0.25, -0.2) is 0 Å². The zero-order valence-corrected chi connectivity index (χ0v) is 13.5. The molecular weight excluding hydrogens is 240 g/mol. The molecule has 20 heavy (non-hydrogen) atoms. The Balaban J connectivity index is 2.62. The van der Waals surface area contributed by atoms with Crippen molar-refractivity contribution in [1.29, 1.82) is 0 Å². The molecule has 0 bridgehead atoms. The molecule has 0 fully saturated rings. The lowest BCUT2D eigenvalue weighted by atomic mass is 9.88. The number of hydrogen-bond acceptors (Lipinski definition) is 0. The average molecular weight is 266 g/mol. The fourth-order valence-corrected chi connectivity index (χ4v) is 2.87. The van der Waals surface area contributed by atoms with E-state index < -0.39 is 0 Å². The Morgan fingerprint density at radius 1 is 0.850 bits per heavy atom. The van der Waals surface area contributed by atoms with Crippen LogP contribution in [0.2, 0.25) is 0 Å². The molecule has 0 amide bonds. The van der Waals surface area contributed by atoms with Crippen molar-refractivity contribution in [3.05, 3.63) is 58.1 Å². The van der Waals surface area contributed by atoms with E-state index in [1.165, 1.54) is 58.2 Å². The zero-order chi connectivity index (χ0) is 14.7. The molecule has 2 aromatic carbocycles. The van der Waals surface area contributed by atoms with Gasteiger partial charge in [0.25, 0.3) is 0 Å². The van der Waals surface area contributed by atoms with Gasteiger partial charge in [0, 0.05) is 0 Å². The Morgan fingerprint density at radius 3 is 2.25 bits per heavy atom. The van der Waals surface area contributed by atoms with Crippen LogP contribution in [0.25, 0.3) is 11.1 Å².